The van der Waals surface area contributed by atoms with Gasteiger partial charge in [0, 0.05) is 12.0 Å². The monoisotopic (exact) mass is 310 g/mol. The van der Waals surface area contributed by atoms with E-state index in [1.807, 2.05) is 0 Å². The average molecular weight is 310 g/mol. The quantitative estimate of drug-likeness (QED) is 0.326. The van der Waals surface area contributed by atoms with E-state index in [1.165, 1.54) is 6.07 Å². The summed E-state index contributed by atoms with van der Waals surface area (Å²) in [5, 5.41) is 11.0. The maximum Gasteiger partial charge on any atom is 0.374 e. The molecule has 0 N–H and O–H groups in total. The number of ketones is 1. The molecule has 2 rings (SSSR count). The van der Waals surface area contributed by atoms with Gasteiger partial charge in [0.05, 0.1) is 30.4 Å². The molecule has 0 radical (unpaired) electrons. The molecule has 1 aliphatic heterocycles. The van der Waals surface area contributed by atoms with Crippen LogP contribution in [0.5, 0.6) is 0 Å². The largest absolute Gasteiger partial charge is 0.460 e. The summed E-state index contributed by atoms with van der Waals surface area (Å²) in [7, 11) is 0. The Hall–Kier alpha value is -2.39. The SMILES string of the molecule is CCOC(=O)C(=O)Cc1cc(C2OCCO2)ncc1[N+](=O)[O-]. The highest BCUT2D eigenvalue weighted by Gasteiger charge is 2.26. The lowest BCUT2D eigenvalue weighted by molar-refractivity contribution is -0.385. The summed E-state index contributed by atoms with van der Waals surface area (Å²) >= 11 is 0. The smallest absolute Gasteiger partial charge is 0.374 e. The number of carbonyl (C=O) groups is 2. The number of pyridine rings is 1. The Labute approximate surface area is 125 Å². The van der Waals surface area contributed by atoms with Crippen LogP contribution in [0.25, 0.3) is 0 Å². The Morgan fingerprint density at radius 3 is 2.73 bits per heavy atom. The van der Waals surface area contributed by atoms with Crippen molar-refractivity contribution < 1.29 is 28.7 Å². The summed E-state index contributed by atoms with van der Waals surface area (Å²) < 4.78 is 15.1. The Kier molecular flexibility index (Phi) is 5.12. The molecule has 0 atom stereocenters. The topological polar surface area (TPSA) is 118 Å². The van der Waals surface area contributed by atoms with Crippen molar-refractivity contribution in [1.82, 2.24) is 4.98 Å². The van der Waals surface area contributed by atoms with Crippen LogP contribution in [0.1, 0.15) is 24.5 Å². The molecule has 0 unspecified atom stereocenters. The zero-order chi connectivity index (χ0) is 16.1. The van der Waals surface area contributed by atoms with Gasteiger partial charge in [0.25, 0.3) is 5.69 Å². The summed E-state index contributed by atoms with van der Waals surface area (Å²) in [6, 6.07) is 1.34. The van der Waals surface area contributed by atoms with Crippen molar-refractivity contribution in [1.29, 1.82) is 0 Å². The van der Waals surface area contributed by atoms with Gasteiger partial charge in [0.2, 0.25) is 12.1 Å². The first kappa shape index (κ1) is 16.0. The number of ether oxygens (including phenoxy) is 3. The van der Waals surface area contributed by atoms with E-state index < -0.39 is 29.4 Å². The normalized spacial score (nSPS) is 14.8. The fourth-order valence-electron chi connectivity index (χ4n) is 1.93. The Balaban J connectivity index is 2.25. The van der Waals surface area contributed by atoms with E-state index in [-0.39, 0.29) is 17.9 Å². The van der Waals surface area contributed by atoms with Crippen LogP contribution >= 0.6 is 0 Å². The number of esters is 1. The first-order valence-corrected chi connectivity index (χ1v) is 6.59. The minimum atomic E-state index is -1.02. The van der Waals surface area contributed by atoms with Crippen molar-refractivity contribution in [2.75, 3.05) is 19.8 Å². The van der Waals surface area contributed by atoms with Crippen molar-refractivity contribution >= 4 is 17.4 Å². The molecular weight excluding hydrogens is 296 g/mol. The molecule has 1 saturated heterocycles. The van der Waals surface area contributed by atoms with E-state index in [1.54, 1.807) is 6.92 Å². The molecule has 0 spiro atoms. The predicted octanol–water partition coefficient (Wildman–Crippen LogP) is 0.710. The van der Waals surface area contributed by atoms with Gasteiger partial charge in [-0.05, 0) is 13.0 Å². The fraction of sp³-hybridized carbons (Fsp3) is 0.462. The number of Topliss-reactive ketones (excluding diaryl/α,β-unsaturated/α-hetero) is 1. The number of hydrogen-bond acceptors (Lipinski definition) is 8. The van der Waals surface area contributed by atoms with Crippen LogP contribution in [0.2, 0.25) is 0 Å². The Bertz CT molecular complexity index is 596. The van der Waals surface area contributed by atoms with Gasteiger partial charge in [-0.25, -0.2) is 9.78 Å². The minimum Gasteiger partial charge on any atom is -0.460 e. The first-order valence-electron chi connectivity index (χ1n) is 6.59. The average Bonchev–Trinajstić information content (AvgIpc) is 3.01. The predicted molar refractivity (Wildman–Crippen MR) is 70.9 cm³/mol. The van der Waals surface area contributed by atoms with Gasteiger partial charge in [-0.1, -0.05) is 0 Å². The molecule has 1 fully saturated rings. The third kappa shape index (κ3) is 3.62. The second kappa shape index (κ2) is 7.05. The molecule has 0 aliphatic carbocycles. The highest BCUT2D eigenvalue weighted by Crippen LogP contribution is 2.26. The molecule has 1 aromatic heterocycles. The molecule has 1 aliphatic rings. The highest BCUT2D eigenvalue weighted by molar-refractivity contribution is 6.34. The maximum absolute atomic E-state index is 11.7. The number of rotatable bonds is 6. The molecule has 9 heteroatoms. The second-order valence-electron chi connectivity index (χ2n) is 4.39. The first-order chi connectivity index (χ1) is 10.5. The number of aromatic nitrogens is 1. The lowest BCUT2D eigenvalue weighted by Gasteiger charge is -2.10. The minimum absolute atomic E-state index is 0.0536. The third-order valence-electron chi connectivity index (χ3n) is 2.90. The summed E-state index contributed by atoms with van der Waals surface area (Å²) in [6.07, 6.45) is -0.150. The standard InChI is InChI=1S/C13H14N2O7/c1-2-20-12(17)11(16)6-8-5-9(13-21-3-4-22-13)14-7-10(8)15(18)19/h5,7,13H,2-4,6H2,1H3. The zero-order valence-corrected chi connectivity index (χ0v) is 11.8. The molecule has 0 aromatic carbocycles. The Morgan fingerprint density at radius 2 is 2.14 bits per heavy atom. The Morgan fingerprint density at radius 1 is 1.45 bits per heavy atom. The molecule has 9 nitrogen and oxygen atoms in total. The number of carbonyl (C=O) groups excluding carboxylic acids is 2. The van der Waals surface area contributed by atoms with Gasteiger partial charge in [-0.15, -0.1) is 0 Å². The van der Waals surface area contributed by atoms with Crippen molar-refractivity contribution in [2.45, 2.75) is 19.6 Å². The van der Waals surface area contributed by atoms with E-state index in [9.17, 15) is 19.7 Å². The van der Waals surface area contributed by atoms with E-state index in [0.29, 0.717) is 18.9 Å². The molecule has 118 valence electrons. The fourth-order valence-corrected chi connectivity index (χ4v) is 1.93. The number of nitro groups is 1. The molecular formula is C13H14N2O7. The number of hydrogen-bond donors (Lipinski definition) is 0. The lowest BCUT2D eigenvalue weighted by atomic mass is 10.1. The molecule has 0 bridgehead atoms. The summed E-state index contributed by atoms with van der Waals surface area (Å²) in [5.41, 5.74) is 0.0290. The van der Waals surface area contributed by atoms with E-state index in [0.717, 1.165) is 6.20 Å². The van der Waals surface area contributed by atoms with Crippen molar-refractivity contribution in [2.24, 2.45) is 0 Å². The van der Waals surface area contributed by atoms with Crippen LogP contribution in [-0.2, 0) is 30.2 Å². The van der Waals surface area contributed by atoms with Crippen molar-refractivity contribution in [3.63, 3.8) is 0 Å². The van der Waals surface area contributed by atoms with E-state index in [4.69, 9.17) is 9.47 Å². The van der Waals surface area contributed by atoms with Gasteiger partial charge < -0.3 is 14.2 Å². The van der Waals surface area contributed by atoms with Crippen LogP contribution in [0.15, 0.2) is 12.3 Å². The summed E-state index contributed by atoms with van der Waals surface area (Å²) in [4.78, 5) is 37.3. The highest BCUT2D eigenvalue weighted by atomic mass is 16.7. The van der Waals surface area contributed by atoms with Crippen LogP contribution < -0.4 is 0 Å². The van der Waals surface area contributed by atoms with Gasteiger partial charge in [-0.3, -0.25) is 14.9 Å². The molecule has 22 heavy (non-hydrogen) atoms. The molecule has 2 heterocycles. The van der Waals surface area contributed by atoms with Crippen LogP contribution in [0.4, 0.5) is 5.69 Å². The van der Waals surface area contributed by atoms with Crippen LogP contribution in [0, 0.1) is 10.1 Å². The molecule has 0 saturated carbocycles. The zero-order valence-electron chi connectivity index (χ0n) is 11.8. The summed E-state index contributed by atoms with van der Waals surface area (Å²) in [5.74, 6) is -1.89. The van der Waals surface area contributed by atoms with Gasteiger partial charge in [0.1, 0.15) is 6.20 Å². The van der Waals surface area contributed by atoms with Crippen LogP contribution in [0.3, 0.4) is 0 Å². The van der Waals surface area contributed by atoms with Crippen molar-refractivity contribution in [3.05, 3.63) is 33.6 Å². The number of nitrogens with zero attached hydrogens (tertiary/aromatic N) is 2. The van der Waals surface area contributed by atoms with Gasteiger partial charge in [-0.2, -0.15) is 0 Å². The van der Waals surface area contributed by atoms with Crippen molar-refractivity contribution in [3.8, 4) is 0 Å². The van der Waals surface area contributed by atoms with Crippen LogP contribution in [-0.4, -0.2) is 41.5 Å². The van der Waals surface area contributed by atoms with Gasteiger partial charge in [0.15, 0.2) is 0 Å². The summed E-state index contributed by atoms with van der Waals surface area (Å²) in [6.45, 7) is 2.39. The maximum atomic E-state index is 11.7. The molecule has 1 aromatic rings. The third-order valence-corrected chi connectivity index (χ3v) is 2.90. The lowest BCUT2D eigenvalue weighted by Crippen LogP contribution is -2.20. The molecule has 0 amide bonds. The second-order valence-corrected chi connectivity index (χ2v) is 4.39. The van der Waals surface area contributed by atoms with E-state index in [2.05, 4.69) is 9.72 Å². The van der Waals surface area contributed by atoms with E-state index >= 15 is 0 Å². The van der Waals surface area contributed by atoms with Gasteiger partial charge >= 0.3 is 5.97 Å².